The minimum Gasteiger partial charge on any atom is -0.480 e. The molecule has 0 saturated carbocycles. The summed E-state index contributed by atoms with van der Waals surface area (Å²) in [6.45, 7) is 4.84. The van der Waals surface area contributed by atoms with E-state index in [4.69, 9.17) is 4.74 Å². The van der Waals surface area contributed by atoms with Gasteiger partial charge in [-0.2, -0.15) is 0 Å². The van der Waals surface area contributed by atoms with Crippen molar-refractivity contribution < 1.29 is 28.2 Å². The van der Waals surface area contributed by atoms with Gasteiger partial charge >= 0.3 is 5.97 Å². The van der Waals surface area contributed by atoms with Crippen LogP contribution in [-0.2, 0) is 23.0 Å². The maximum atomic E-state index is 15.0. The van der Waals surface area contributed by atoms with Crippen LogP contribution in [0, 0.1) is 18.6 Å². The lowest BCUT2D eigenvalue weighted by atomic mass is 10.1. The number of pyridine rings is 1. The van der Waals surface area contributed by atoms with E-state index < -0.39 is 35.1 Å². The number of carboxylic acid groups (broad SMARTS) is 1. The largest absolute Gasteiger partial charge is 0.480 e. The topological polar surface area (TPSA) is 131 Å². The van der Waals surface area contributed by atoms with Crippen molar-refractivity contribution in [2.45, 2.75) is 32.4 Å². The first-order valence-electron chi connectivity index (χ1n) is 12.9. The molecular formula is C28H28F2N6O5. The number of anilines is 1. The highest BCUT2D eigenvalue weighted by atomic mass is 19.1. The van der Waals surface area contributed by atoms with E-state index in [9.17, 15) is 19.5 Å². The SMILES string of the molecule is Cc1cn(C)c(=O)c(-c2ccc(C[C@H](NC(=O)c3c(F)cc(N4CCOC[C@@H]4C)cc3F)C(=O)O)n3ccnc23)n1. The Balaban J connectivity index is 1.42. The van der Waals surface area contributed by atoms with Crippen molar-refractivity contribution >= 4 is 23.2 Å². The number of ether oxygens (including phenoxy) is 1. The standard InChI is InChI=1S/C28H28F2N6O5/c1-15-13-34(3)27(38)24(32-15)19-5-4-17(36-7-6-31-25(19)36)12-22(28(39)40)33-26(37)23-20(29)10-18(11-21(23)30)35-8-9-41-14-16(35)2/h4-7,10-11,13,16,22H,8-9,12,14H2,1-3H3,(H,33,37)(H,39,40)/t16-,22-/m0/s1. The Hall–Kier alpha value is -4.65. The fraction of sp³-hybridized carbons (Fsp3) is 0.321. The van der Waals surface area contributed by atoms with Crippen LogP contribution < -0.4 is 15.8 Å². The Morgan fingerprint density at radius 2 is 1.98 bits per heavy atom. The zero-order valence-corrected chi connectivity index (χ0v) is 22.6. The second-order valence-electron chi connectivity index (χ2n) is 9.98. The number of hydrogen-bond acceptors (Lipinski definition) is 7. The van der Waals surface area contributed by atoms with Crippen LogP contribution in [0.3, 0.4) is 0 Å². The number of carboxylic acids is 1. The first-order chi connectivity index (χ1) is 19.5. The van der Waals surface area contributed by atoms with E-state index in [1.807, 2.05) is 6.92 Å². The summed E-state index contributed by atoms with van der Waals surface area (Å²) < 4.78 is 38.4. The Labute approximate surface area is 233 Å². The summed E-state index contributed by atoms with van der Waals surface area (Å²) >= 11 is 0. The molecule has 0 aliphatic carbocycles. The molecule has 1 aliphatic rings. The highest BCUT2D eigenvalue weighted by molar-refractivity contribution is 5.97. The number of carbonyl (C=O) groups excluding carboxylic acids is 1. The first-order valence-corrected chi connectivity index (χ1v) is 12.9. The summed E-state index contributed by atoms with van der Waals surface area (Å²) in [5, 5.41) is 12.1. The van der Waals surface area contributed by atoms with Crippen molar-refractivity contribution in [2.24, 2.45) is 7.05 Å². The number of rotatable bonds is 7. The number of hydrogen-bond donors (Lipinski definition) is 2. The number of fused-ring (bicyclic) bond motifs is 1. The Kier molecular flexibility index (Phi) is 7.54. The van der Waals surface area contributed by atoms with E-state index in [0.29, 0.717) is 42.4 Å². The molecule has 41 heavy (non-hydrogen) atoms. The quantitative estimate of drug-likeness (QED) is 0.349. The maximum Gasteiger partial charge on any atom is 0.326 e. The number of nitrogens with zero attached hydrogens (tertiary/aromatic N) is 5. The number of aliphatic carboxylic acids is 1. The number of halogens is 2. The number of carbonyl (C=O) groups is 2. The van der Waals surface area contributed by atoms with Crippen molar-refractivity contribution in [3.63, 3.8) is 0 Å². The van der Waals surface area contributed by atoms with Crippen LogP contribution >= 0.6 is 0 Å². The van der Waals surface area contributed by atoms with Gasteiger partial charge in [-0.05, 0) is 38.1 Å². The van der Waals surface area contributed by atoms with Gasteiger partial charge in [0.15, 0.2) is 0 Å². The molecule has 0 radical (unpaired) electrons. The molecule has 1 aliphatic heterocycles. The first kappa shape index (κ1) is 27.9. The third kappa shape index (κ3) is 5.40. The summed E-state index contributed by atoms with van der Waals surface area (Å²) in [4.78, 5) is 48.3. The lowest BCUT2D eigenvalue weighted by Crippen LogP contribution is -2.44. The number of benzene rings is 1. The van der Waals surface area contributed by atoms with Crippen molar-refractivity contribution in [1.29, 1.82) is 0 Å². The van der Waals surface area contributed by atoms with Crippen LogP contribution in [0.5, 0.6) is 0 Å². The van der Waals surface area contributed by atoms with Crippen LogP contribution in [-0.4, -0.2) is 67.8 Å². The van der Waals surface area contributed by atoms with Gasteiger partial charge in [0.25, 0.3) is 11.5 Å². The second-order valence-corrected chi connectivity index (χ2v) is 9.98. The van der Waals surface area contributed by atoms with Gasteiger partial charge in [-0.15, -0.1) is 0 Å². The third-order valence-corrected chi connectivity index (χ3v) is 7.05. The zero-order valence-electron chi connectivity index (χ0n) is 22.6. The summed E-state index contributed by atoms with van der Waals surface area (Å²) in [5.41, 5.74) is 1.10. The van der Waals surface area contributed by atoms with E-state index in [2.05, 4.69) is 15.3 Å². The number of aromatic nitrogens is 4. The molecule has 4 heterocycles. The van der Waals surface area contributed by atoms with Crippen LogP contribution in [0.1, 0.15) is 28.7 Å². The van der Waals surface area contributed by atoms with Gasteiger partial charge in [-0.25, -0.2) is 23.5 Å². The van der Waals surface area contributed by atoms with Crippen molar-refractivity contribution in [3.05, 3.63) is 81.8 Å². The molecule has 2 atom stereocenters. The van der Waals surface area contributed by atoms with Gasteiger partial charge in [0.1, 0.15) is 34.6 Å². The maximum absolute atomic E-state index is 15.0. The number of imidazole rings is 1. The van der Waals surface area contributed by atoms with E-state index >= 15 is 8.78 Å². The lowest BCUT2D eigenvalue weighted by Gasteiger charge is -2.35. The molecule has 11 nitrogen and oxygen atoms in total. The summed E-state index contributed by atoms with van der Waals surface area (Å²) in [6.07, 6.45) is 4.43. The van der Waals surface area contributed by atoms with Crippen molar-refractivity contribution in [1.82, 2.24) is 24.3 Å². The molecule has 5 rings (SSSR count). The van der Waals surface area contributed by atoms with Crippen molar-refractivity contribution in [2.75, 3.05) is 24.7 Å². The van der Waals surface area contributed by atoms with Gasteiger partial charge in [0.2, 0.25) is 0 Å². The summed E-state index contributed by atoms with van der Waals surface area (Å²) in [7, 11) is 1.61. The molecule has 1 aromatic carbocycles. The van der Waals surface area contributed by atoms with Gasteiger partial charge in [0, 0.05) is 61.6 Å². The highest BCUT2D eigenvalue weighted by Crippen LogP contribution is 2.26. The van der Waals surface area contributed by atoms with Crippen LogP contribution in [0.15, 0.2) is 47.7 Å². The van der Waals surface area contributed by atoms with Crippen molar-refractivity contribution in [3.8, 4) is 11.3 Å². The number of amides is 1. The average Bonchev–Trinajstić information content (AvgIpc) is 3.41. The lowest BCUT2D eigenvalue weighted by molar-refractivity contribution is -0.139. The third-order valence-electron chi connectivity index (χ3n) is 7.05. The van der Waals surface area contributed by atoms with Gasteiger partial charge < -0.3 is 29.0 Å². The fourth-order valence-electron chi connectivity index (χ4n) is 5.05. The van der Waals surface area contributed by atoms with Crippen LogP contribution in [0.2, 0.25) is 0 Å². The predicted octanol–water partition coefficient (Wildman–Crippen LogP) is 2.33. The monoisotopic (exact) mass is 566 g/mol. The molecule has 1 amide bonds. The number of morpholine rings is 1. The molecule has 0 unspecified atom stereocenters. The molecular weight excluding hydrogens is 538 g/mol. The average molecular weight is 567 g/mol. The molecule has 1 fully saturated rings. The number of nitrogens with one attached hydrogen (secondary N) is 1. The molecule has 4 aromatic rings. The van der Waals surface area contributed by atoms with E-state index in [1.165, 1.54) is 10.8 Å². The molecule has 2 N–H and O–H groups in total. The van der Waals surface area contributed by atoms with Gasteiger partial charge in [-0.3, -0.25) is 9.59 Å². The van der Waals surface area contributed by atoms with E-state index in [-0.39, 0.29) is 29.4 Å². The Bertz CT molecular complexity index is 1700. The Morgan fingerprint density at radius 3 is 2.66 bits per heavy atom. The molecule has 0 bridgehead atoms. The normalized spacial score (nSPS) is 16.1. The van der Waals surface area contributed by atoms with E-state index in [0.717, 1.165) is 12.1 Å². The second kappa shape index (κ2) is 11.1. The summed E-state index contributed by atoms with van der Waals surface area (Å²) in [6, 6.07) is 3.68. The zero-order chi connectivity index (χ0) is 29.4. The van der Waals surface area contributed by atoms with E-state index in [1.54, 1.807) is 47.8 Å². The molecule has 1 saturated heterocycles. The van der Waals surface area contributed by atoms with Gasteiger partial charge in [0.05, 0.1) is 18.9 Å². The minimum atomic E-state index is -1.53. The van der Waals surface area contributed by atoms with Crippen LogP contribution in [0.25, 0.3) is 16.9 Å². The smallest absolute Gasteiger partial charge is 0.326 e. The summed E-state index contributed by atoms with van der Waals surface area (Å²) in [5.74, 6) is -4.80. The molecule has 3 aromatic heterocycles. The molecule has 214 valence electrons. The highest BCUT2D eigenvalue weighted by Gasteiger charge is 2.28. The fourth-order valence-corrected chi connectivity index (χ4v) is 5.05. The van der Waals surface area contributed by atoms with Crippen LogP contribution in [0.4, 0.5) is 14.5 Å². The predicted molar refractivity (Wildman–Crippen MR) is 145 cm³/mol. The van der Waals surface area contributed by atoms with Gasteiger partial charge in [-0.1, -0.05) is 0 Å². The molecule has 13 heteroatoms. The minimum absolute atomic E-state index is 0.116. The number of aryl methyl sites for hydroxylation is 2. The molecule has 0 spiro atoms. The Morgan fingerprint density at radius 1 is 1.24 bits per heavy atom.